The molecule has 1 amide bonds. The van der Waals surface area contributed by atoms with E-state index in [4.69, 9.17) is 11.6 Å². The van der Waals surface area contributed by atoms with E-state index in [0.717, 1.165) is 22.9 Å². The van der Waals surface area contributed by atoms with Crippen LogP contribution in [0.3, 0.4) is 0 Å². The van der Waals surface area contributed by atoms with Crippen molar-refractivity contribution in [3.63, 3.8) is 0 Å². The minimum Gasteiger partial charge on any atom is -0.380 e. The van der Waals surface area contributed by atoms with Gasteiger partial charge in [-0.25, -0.2) is 8.42 Å². The van der Waals surface area contributed by atoms with Gasteiger partial charge in [0.15, 0.2) is 9.84 Å². The number of rotatable bonds is 8. The van der Waals surface area contributed by atoms with Gasteiger partial charge in [0.2, 0.25) is 0 Å². The molecule has 1 aliphatic carbocycles. The van der Waals surface area contributed by atoms with Gasteiger partial charge in [0.1, 0.15) is 0 Å². The molecule has 5 nitrogen and oxygen atoms in total. The lowest BCUT2D eigenvalue weighted by Gasteiger charge is -2.14. The molecule has 28 heavy (non-hydrogen) atoms. The molecule has 0 bridgehead atoms. The lowest BCUT2D eigenvalue weighted by molar-refractivity contribution is 0.0958. The fourth-order valence-electron chi connectivity index (χ4n) is 2.89. The first-order chi connectivity index (χ1) is 13.3. The Morgan fingerprint density at radius 3 is 2.68 bits per heavy atom. The van der Waals surface area contributed by atoms with Crippen LogP contribution in [0.25, 0.3) is 0 Å². The molecule has 2 N–H and O–H groups in total. The largest absolute Gasteiger partial charge is 0.380 e. The Morgan fingerprint density at radius 2 is 2.00 bits per heavy atom. The molecule has 0 spiro atoms. The fourth-order valence-corrected chi connectivity index (χ4v) is 3.55. The third-order valence-electron chi connectivity index (χ3n) is 4.43. The second kappa shape index (κ2) is 8.80. The number of hydrogen-bond donors (Lipinski definition) is 2. The number of nitrogens with one attached hydrogen (secondary N) is 2. The molecule has 148 valence electrons. The van der Waals surface area contributed by atoms with Gasteiger partial charge in [-0.2, -0.15) is 0 Å². The monoisotopic (exact) mass is 418 g/mol. The molecule has 0 heterocycles. The van der Waals surface area contributed by atoms with Crippen LogP contribution in [0.15, 0.2) is 53.9 Å². The van der Waals surface area contributed by atoms with Crippen LogP contribution in [0.4, 0.5) is 5.69 Å². The molecule has 0 aromatic heterocycles. The third-order valence-corrected chi connectivity index (χ3v) is 5.35. The van der Waals surface area contributed by atoms with Crippen molar-refractivity contribution in [3.05, 3.63) is 75.7 Å². The van der Waals surface area contributed by atoms with Crippen molar-refractivity contribution in [2.24, 2.45) is 0 Å². The molecule has 2 aromatic rings. The van der Waals surface area contributed by atoms with E-state index in [1.165, 1.54) is 24.5 Å². The molecule has 2 aromatic carbocycles. The highest BCUT2D eigenvalue weighted by Gasteiger charge is 2.24. The summed E-state index contributed by atoms with van der Waals surface area (Å²) in [6, 6.07) is 13.4. The van der Waals surface area contributed by atoms with Crippen LogP contribution in [-0.2, 0) is 16.4 Å². The van der Waals surface area contributed by atoms with Crippen LogP contribution >= 0.6 is 11.6 Å². The Morgan fingerprint density at radius 1 is 1.21 bits per heavy atom. The molecule has 1 aliphatic rings. The maximum Gasteiger partial charge on any atom is 0.253 e. The molecule has 1 saturated carbocycles. The van der Waals surface area contributed by atoms with Crippen LogP contribution in [-0.4, -0.2) is 27.1 Å². The molecular weight excluding hydrogens is 396 g/mol. The van der Waals surface area contributed by atoms with E-state index in [-0.39, 0.29) is 12.5 Å². The highest BCUT2D eigenvalue weighted by Crippen LogP contribution is 2.41. The molecule has 7 heteroatoms. The quantitative estimate of drug-likeness (QED) is 0.676. The smallest absolute Gasteiger partial charge is 0.253 e. The highest BCUT2D eigenvalue weighted by atomic mass is 35.5. The number of halogens is 1. The lowest BCUT2D eigenvalue weighted by Crippen LogP contribution is -2.24. The first kappa shape index (κ1) is 20.4. The van der Waals surface area contributed by atoms with Gasteiger partial charge in [-0.05, 0) is 54.2 Å². The van der Waals surface area contributed by atoms with Gasteiger partial charge in [0, 0.05) is 35.5 Å². The normalized spacial score (nSPS) is 14.2. The number of anilines is 1. The van der Waals surface area contributed by atoms with E-state index >= 15 is 0 Å². The zero-order valence-corrected chi connectivity index (χ0v) is 17.2. The summed E-state index contributed by atoms with van der Waals surface area (Å²) in [5, 5.41) is 7.83. The van der Waals surface area contributed by atoms with E-state index in [9.17, 15) is 13.2 Å². The van der Waals surface area contributed by atoms with E-state index in [2.05, 4.69) is 10.6 Å². The summed E-state index contributed by atoms with van der Waals surface area (Å²) in [7, 11) is -3.20. The standard InChI is InChI=1S/C21H23ClN2O3S/c1-28(26,27)11-3-10-23-21(25)19-9-8-17(16-6-7-16)13-20(19)24-14-15-4-2-5-18(22)12-15/h2-5,8-9,11-13,16,24H,6-7,10,14H2,1H3,(H,23,25)/b11-3+. The van der Waals surface area contributed by atoms with Crippen LogP contribution in [0.5, 0.6) is 0 Å². The van der Waals surface area contributed by atoms with E-state index < -0.39 is 9.84 Å². The maximum absolute atomic E-state index is 12.6. The minimum atomic E-state index is -3.20. The van der Waals surface area contributed by atoms with Crippen LogP contribution in [0.1, 0.15) is 40.2 Å². The van der Waals surface area contributed by atoms with E-state index in [1.807, 2.05) is 42.5 Å². The predicted octanol–water partition coefficient (Wildman–Crippen LogP) is 4.12. The summed E-state index contributed by atoms with van der Waals surface area (Å²) in [5.74, 6) is 0.315. The first-order valence-electron chi connectivity index (χ1n) is 9.09. The minimum absolute atomic E-state index is 0.143. The van der Waals surface area contributed by atoms with E-state index in [0.29, 0.717) is 23.0 Å². The molecule has 0 aliphatic heterocycles. The van der Waals surface area contributed by atoms with Crippen molar-refractivity contribution < 1.29 is 13.2 Å². The average molecular weight is 419 g/mol. The topological polar surface area (TPSA) is 75.3 Å². The highest BCUT2D eigenvalue weighted by molar-refractivity contribution is 7.93. The van der Waals surface area contributed by atoms with Gasteiger partial charge >= 0.3 is 0 Å². The second-order valence-electron chi connectivity index (χ2n) is 6.97. The predicted molar refractivity (Wildman–Crippen MR) is 114 cm³/mol. The lowest BCUT2D eigenvalue weighted by atomic mass is 10.0. The Kier molecular flexibility index (Phi) is 6.42. The molecule has 0 atom stereocenters. The molecule has 3 rings (SSSR count). The van der Waals surface area contributed by atoms with Crippen molar-refractivity contribution >= 4 is 33.0 Å². The van der Waals surface area contributed by atoms with Gasteiger partial charge in [0.05, 0.1) is 5.56 Å². The number of carbonyl (C=O) groups is 1. The summed E-state index contributed by atoms with van der Waals surface area (Å²) in [6.45, 7) is 0.687. The molecular formula is C21H23ClN2O3S. The fraction of sp³-hybridized carbons (Fsp3) is 0.286. The summed E-state index contributed by atoms with van der Waals surface area (Å²) in [5.41, 5.74) is 3.53. The zero-order chi connectivity index (χ0) is 20.1. The molecule has 0 unspecified atom stereocenters. The van der Waals surface area contributed by atoms with Crippen molar-refractivity contribution in [2.45, 2.75) is 25.3 Å². The maximum atomic E-state index is 12.6. The summed E-state index contributed by atoms with van der Waals surface area (Å²) >= 11 is 6.05. The van der Waals surface area contributed by atoms with Crippen LogP contribution < -0.4 is 10.6 Å². The Balaban J connectivity index is 1.73. The Hall–Kier alpha value is -2.31. The van der Waals surface area contributed by atoms with E-state index in [1.54, 1.807) is 0 Å². The number of hydrogen-bond acceptors (Lipinski definition) is 4. The van der Waals surface area contributed by atoms with Gasteiger partial charge in [0.25, 0.3) is 5.91 Å². The van der Waals surface area contributed by atoms with Gasteiger partial charge in [-0.3, -0.25) is 4.79 Å². The summed E-state index contributed by atoms with van der Waals surface area (Å²) in [4.78, 5) is 12.6. The van der Waals surface area contributed by atoms with Gasteiger partial charge < -0.3 is 10.6 Å². The number of sulfone groups is 1. The van der Waals surface area contributed by atoms with Crippen LogP contribution in [0.2, 0.25) is 5.02 Å². The SMILES string of the molecule is CS(=O)(=O)/C=C/CNC(=O)c1ccc(C2CC2)cc1NCc1cccc(Cl)c1. The van der Waals surface area contributed by atoms with Crippen molar-refractivity contribution in [1.82, 2.24) is 5.32 Å². The third kappa shape index (κ3) is 6.11. The summed E-state index contributed by atoms with van der Waals surface area (Å²) in [6.07, 6.45) is 4.88. The number of carbonyl (C=O) groups excluding carboxylic acids is 1. The number of benzene rings is 2. The second-order valence-corrected chi connectivity index (χ2v) is 9.34. The van der Waals surface area contributed by atoms with Crippen molar-refractivity contribution in [2.75, 3.05) is 18.1 Å². The molecule has 0 radical (unpaired) electrons. The Bertz CT molecular complexity index is 998. The molecule has 0 saturated heterocycles. The van der Waals surface area contributed by atoms with Crippen molar-refractivity contribution in [1.29, 1.82) is 0 Å². The van der Waals surface area contributed by atoms with Crippen LogP contribution in [0, 0.1) is 0 Å². The van der Waals surface area contributed by atoms with Gasteiger partial charge in [-0.15, -0.1) is 0 Å². The Labute approximate surface area is 170 Å². The van der Waals surface area contributed by atoms with Gasteiger partial charge in [-0.1, -0.05) is 35.9 Å². The zero-order valence-electron chi connectivity index (χ0n) is 15.6. The van der Waals surface area contributed by atoms with Crippen molar-refractivity contribution in [3.8, 4) is 0 Å². The molecule has 1 fully saturated rings. The number of amides is 1. The first-order valence-corrected chi connectivity index (χ1v) is 11.4. The average Bonchev–Trinajstić information content (AvgIpc) is 3.48. The summed E-state index contributed by atoms with van der Waals surface area (Å²) < 4.78 is 22.3.